The molecule has 1 N–H and O–H groups in total. The van der Waals surface area contributed by atoms with Gasteiger partial charge in [0.1, 0.15) is 12.4 Å². The number of aromatic nitrogens is 2. The van der Waals surface area contributed by atoms with Crippen molar-refractivity contribution >= 4 is 11.1 Å². The number of terminal acetylenes is 1. The average molecular weight is 382 g/mol. The monoisotopic (exact) mass is 382 g/mol. The summed E-state index contributed by atoms with van der Waals surface area (Å²) in [6.07, 6.45) is 6.84. The van der Waals surface area contributed by atoms with Crippen LogP contribution in [0.4, 0.5) is 4.39 Å². The van der Waals surface area contributed by atoms with Crippen molar-refractivity contribution in [2.24, 2.45) is 0 Å². The van der Waals surface area contributed by atoms with Crippen LogP contribution in [0.25, 0.3) is 22.3 Å². The van der Waals surface area contributed by atoms with Gasteiger partial charge in [0.2, 0.25) is 0 Å². The number of halogens is 1. The molecule has 0 spiro atoms. The van der Waals surface area contributed by atoms with Gasteiger partial charge in [-0.2, -0.15) is 5.10 Å². The molecule has 3 rings (SSSR count). The molecule has 0 bridgehead atoms. The number of nitrogens with zero attached hydrogens (tertiary/aromatic N) is 2. The van der Waals surface area contributed by atoms with E-state index in [0.29, 0.717) is 27.8 Å². The molecule has 136 valence electrons. The molecule has 0 fully saturated rings. The van der Waals surface area contributed by atoms with Gasteiger partial charge in [0.05, 0.1) is 17.5 Å². The predicted molar refractivity (Wildman–Crippen MR) is 103 cm³/mol. The van der Waals surface area contributed by atoms with Gasteiger partial charge in [0.25, 0.3) is 5.56 Å². The second-order valence-corrected chi connectivity index (χ2v) is 6.70. The summed E-state index contributed by atoms with van der Waals surface area (Å²) in [6.45, 7) is 0.0224. The van der Waals surface area contributed by atoms with Crippen LogP contribution in [0.2, 0.25) is 0 Å². The molecule has 5 nitrogen and oxygen atoms in total. The van der Waals surface area contributed by atoms with E-state index < -0.39 is 16.9 Å². The highest BCUT2D eigenvalue weighted by atomic mass is 32.2. The minimum Gasteiger partial charge on any atom is -0.306 e. The van der Waals surface area contributed by atoms with Crippen LogP contribution in [-0.4, -0.2) is 18.5 Å². The molecule has 0 aliphatic heterocycles. The maximum atomic E-state index is 13.3. The molecular weight excluding hydrogens is 367 g/mol. The van der Waals surface area contributed by atoms with Crippen LogP contribution in [0.5, 0.6) is 0 Å². The van der Waals surface area contributed by atoms with Crippen LogP contribution in [-0.2, 0) is 23.4 Å². The third-order valence-corrected chi connectivity index (χ3v) is 4.55. The van der Waals surface area contributed by atoms with E-state index in [1.807, 2.05) is 0 Å². The number of hydrogen-bond donors (Lipinski definition) is 1. The summed E-state index contributed by atoms with van der Waals surface area (Å²) in [6, 6.07) is 12.5. The van der Waals surface area contributed by atoms with E-state index >= 15 is 0 Å². The summed E-state index contributed by atoms with van der Waals surface area (Å²) < 4.78 is 34.4. The van der Waals surface area contributed by atoms with E-state index in [9.17, 15) is 13.4 Å². The van der Waals surface area contributed by atoms with Crippen LogP contribution in [0, 0.1) is 18.2 Å². The third kappa shape index (κ3) is 4.19. The van der Waals surface area contributed by atoms with Crippen molar-refractivity contribution in [3.63, 3.8) is 0 Å². The Morgan fingerprint density at radius 2 is 1.74 bits per heavy atom. The Kier molecular flexibility index (Phi) is 5.60. The Hall–Kier alpha value is -3.08. The van der Waals surface area contributed by atoms with Crippen molar-refractivity contribution < 1.29 is 13.2 Å². The Labute approximate surface area is 157 Å². The standard InChI is InChI=1S/C20H15FN2O3S/c1-2-11-23-20(24)19(16-7-9-17(21)10-8-16)18(12-22-23)15-5-3-14(4-6-15)13-27(25)26/h1,3-10,12H,11,13H2,(H,25,26). The fourth-order valence-corrected chi connectivity index (χ4v) is 3.20. The molecule has 7 heteroatoms. The molecule has 1 aromatic heterocycles. The molecule has 27 heavy (non-hydrogen) atoms. The zero-order valence-electron chi connectivity index (χ0n) is 14.1. The van der Waals surface area contributed by atoms with Gasteiger partial charge in [0, 0.05) is 5.56 Å². The van der Waals surface area contributed by atoms with Crippen LogP contribution in [0.15, 0.2) is 59.5 Å². The first kappa shape index (κ1) is 18.7. The fourth-order valence-electron chi connectivity index (χ4n) is 2.73. The lowest BCUT2D eigenvalue weighted by atomic mass is 9.96. The summed E-state index contributed by atoms with van der Waals surface area (Å²) in [7, 11) is 0. The molecule has 1 heterocycles. The van der Waals surface area contributed by atoms with Gasteiger partial charge in [0.15, 0.2) is 11.1 Å². The maximum absolute atomic E-state index is 13.3. The second kappa shape index (κ2) is 8.08. The molecule has 0 radical (unpaired) electrons. The molecule has 3 aromatic rings. The van der Waals surface area contributed by atoms with Crippen molar-refractivity contribution in [3.8, 4) is 34.6 Å². The molecule has 2 aromatic carbocycles. The summed E-state index contributed by atoms with van der Waals surface area (Å²) in [5.74, 6) is 2.00. The Bertz CT molecular complexity index is 1080. The summed E-state index contributed by atoms with van der Waals surface area (Å²) in [5, 5.41) is 4.12. The minimum atomic E-state index is -1.93. The predicted octanol–water partition coefficient (Wildman–Crippen LogP) is 3.07. The molecule has 1 atom stereocenters. The van der Waals surface area contributed by atoms with Crippen LogP contribution < -0.4 is 5.56 Å². The highest BCUT2D eigenvalue weighted by molar-refractivity contribution is 7.78. The fraction of sp³-hybridized carbons (Fsp3) is 0.100. The zero-order valence-corrected chi connectivity index (χ0v) is 14.9. The third-order valence-electron chi connectivity index (χ3n) is 3.97. The van der Waals surface area contributed by atoms with E-state index in [1.54, 1.807) is 24.3 Å². The van der Waals surface area contributed by atoms with E-state index in [0.717, 1.165) is 0 Å². The minimum absolute atomic E-state index is 0.0209. The van der Waals surface area contributed by atoms with E-state index in [2.05, 4.69) is 11.0 Å². The molecule has 0 amide bonds. The number of benzene rings is 2. The topological polar surface area (TPSA) is 72.2 Å². The first-order valence-electron chi connectivity index (χ1n) is 7.96. The molecular formula is C20H15FN2O3S. The largest absolute Gasteiger partial charge is 0.306 e. The number of rotatable bonds is 5. The summed E-state index contributed by atoms with van der Waals surface area (Å²) in [4.78, 5) is 12.9. The van der Waals surface area contributed by atoms with Crippen molar-refractivity contribution in [2.75, 3.05) is 0 Å². The van der Waals surface area contributed by atoms with E-state index in [4.69, 9.17) is 11.0 Å². The SMILES string of the molecule is C#CCn1ncc(-c2ccc(CS(=O)O)cc2)c(-c2ccc(F)cc2)c1=O. The van der Waals surface area contributed by atoms with Gasteiger partial charge in [-0.15, -0.1) is 6.42 Å². The highest BCUT2D eigenvalue weighted by Crippen LogP contribution is 2.29. The van der Waals surface area contributed by atoms with Crippen molar-refractivity contribution in [2.45, 2.75) is 12.3 Å². The van der Waals surface area contributed by atoms with Gasteiger partial charge >= 0.3 is 0 Å². The van der Waals surface area contributed by atoms with Gasteiger partial charge in [-0.25, -0.2) is 13.3 Å². The van der Waals surface area contributed by atoms with E-state index in [-0.39, 0.29) is 17.9 Å². The average Bonchev–Trinajstić information content (AvgIpc) is 2.65. The van der Waals surface area contributed by atoms with Crippen LogP contribution in [0.1, 0.15) is 5.56 Å². The van der Waals surface area contributed by atoms with E-state index in [1.165, 1.54) is 35.1 Å². The Morgan fingerprint density at radius 3 is 2.33 bits per heavy atom. The maximum Gasteiger partial charge on any atom is 0.276 e. The normalized spacial score (nSPS) is 11.7. The van der Waals surface area contributed by atoms with Crippen molar-refractivity contribution in [3.05, 3.63) is 76.5 Å². The lowest BCUT2D eigenvalue weighted by molar-refractivity contribution is 0.563. The Morgan fingerprint density at radius 1 is 1.11 bits per heavy atom. The number of hydrogen-bond acceptors (Lipinski definition) is 3. The molecule has 0 aliphatic rings. The molecule has 0 saturated carbocycles. The van der Waals surface area contributed by atoms with Gasteiger partial charge < -0.3 is 4.55 Å². The van der Waals surface area contributed by atoms with Gasteiger partial charge in [-0.1, -0.05) is 42.3 Å². The highest BCUT2D eigenvalue weighted by Gasteiger charge is 2.15. The lowest BCUT2D eigenvalue weighted by Crippen LogP contribution is -2.24. The quantitative estimate of drug-likeness (QED) is 0.544. The summed E-state index contributed by atoms with van der Waals surface area (Å²) in [5.41, 5.74) is 2.49. The van der Waals surface area contributed by atoms with Gasteiger partial charge in [-0.3, -0.25) is 4.79 Å². The molecule has 0 aliphatic carbocycles. The second-order valence-electron chi connectivity index (χ2n) is 5.77. The van der Waals surface area contributed by atoms with Crippen LogP contribution >= 0.6 is 0 Å². The van der Waals surface area contributed by atoms with Crippen molar-refractivity contribution in [1.82, 2.24) is 9.78 Å². The molecule has 0 saturated heterocycles. The first-order chi connectivity index (χ1) is 13.0. The smallest absolute Gasteiger partial charge is 0.276 e. The Balaban J connectivity index is 2.16. The molecule has 1 unspecified atom stereocenters. The zero-order chi connectivity index (χ0) is 19.4. The summed E-state index contributed by atoms with van der Waals surface area (Å²) >= 11 is -1.93. The first-order valence-corrected chi connectivity index (χ1v) is 9.23. The van der Waals surface area contributed by atoms with Crippen molar-refractivity contribution in [1.29, 1.82) is 0 Å². The van der Waals surface area contributed by atoms with Crippen LogP contribution in [0.3, 0.4) is 0 Å². The lowest BCUT2D eigenvalue weighted by Gasteiger charge is -2.12. The van der Waals surface area contributed by atoms with Gasteiger partial charge in [-0.05, 0) is 28.8 Å².